The summed E-state index contributed by atoms with van der Waals surface area (Å²) in [5, 5.41) is 13.8. The molecule has 0 aromatic heterocycles. The third kappa shape index (κ3) is 6.36. The summed E-state index contributed by atoms with van der Waals surface area (Å²) in [5.74, 6) is -2.07. The van der Waals surface area contributed by atoms with E-state index in [-0.39, 0.29) is 0 Å². The number of primary amides is 1. The number of carboxylic acid groups (broad SMARTS) is 1. The van der Waals surface area contributed by atoms with Gasteiger partial charge in [0.2, 0.25) is 5.91 Å². The number of nitrogens with zero attached hydrogens (tertiary/aromatic N) is 1. The van der Waals surface area contributed by atoms with E-state index in [4.69, 9.17) is 10.8 Å². The maximum Gasteiger partial charge on any atom is 0.326 e. The quantitative estimate of drug-likeness (QED) is 0.421. The average molecular weight is 246 g/mol. The molecule has 0 radical (unpaired) electrons. The molecular weight excluding hydrogens is 228 g/mol. The van der Waals surface area contributed by atoms with Gasteiger partial charge in [-0.1, -0.05) is 0 Å². The number of hydrogen-bond acceptors (Lipinski definition) is 4. The second-order valence-corrected chi connectivity index (χ2v) is 3.54. The number of likely N-dealkylation sites (N-methyl/N-ethyl adjacent to an activating group) is 2. The molecule has 0 aromatic carbocycles. The molecule has 0 aliphatic carbocycles. The van der Waals surface area contributed by atoms with E-state index in [1.165, 1.54) is 11.9 Å². The van der Waals surface area contributed by atoms with E-state index in [1.807, 2.05) is 0 Å². The Labute approximate surface area is 99.1 Å². The van der Waals surface area contributed by atoms with Gasteiger partial charge in [-0.05, 0) is 7.05 Å². The molecular formula is C9H18N4O4. The van der Waals surface area contributed by atoms with Crippen LogP contribution in [0.15, 0.2) is 0 Å². The van der Waals surface area contributed by atoms with Gasteiger partial charge in [0.1, 0.15) is 6.04 Å². The van der Waals surface area contributed by atoms with Crippen LogP contribution in [0.1, 0.15) is 6.42 Å². The lowest BCUT2D eigenvalue weighted by atomic mass is 10.2. The van der Waals surface area contributed by atoms with Gasteiger partial charge in [0.25, 0.3) is 0 Å². The molecule has 0 aromatic rings. The summed E-state index contributed by atoms with van der Waals surface area (Å²) >= 11 is 0. The van der Waals surface area contributed by atoms with Crippen LogP contribution in [-0.2, 0) is 9.59 Å². The van der Waals surface area contributed by atoms with Crippen LogP contribution in [-0.4, -0.2) is 61.1 Å². The Bertz CT molecular complexity index is 295. The highest BCUT2D eigenvalue weighted by molar-refractivity contribution is 5.87. The Morgan fingerprint density at radius 1 is 1.41 bits per heavy atom. The van der Waals surface area contributed by atoms with E-state index in [1.54, 1.807) is 7.05 Å². The number of nitrogens with one attached hydrogen (secondary N) is 2. The van der Waals surface area contributed by atoms with Crippen molar-refractivity contribution < 1.29 is 19.5 Å². The van der Waals surface area contributed by atoms with E-state index in [0.717, 1.165) is 0 Å². The number of carbonyl (C=O) groups is 3. The first-order valence-corrected chi connectivity index (χ1v) is 5.05. The molecule has 0 saturated heterocycles. The lowest BCUT2D eigenvalue weighted by molar-refractivity contribution is -0.140. The zero-order valence-electron chi connectivity index (χ0n) is 9.90. The van der Waals surface area contributed by atoms with Gasteiger partial charge in [-0.3, -0.25) is 4.79 Å². The topological polar surface area (TPSA) is 125 Å². The largest absolute Gasteiger partial charge is 0.480 e. The first kappa shape index (κ1) is 15.2. The average Bonchev–Trinajstić information content (AvgIpc) is 2.23. The standard InChI is InChI=1S/C9H18N4O4/c1-11-3-4-13(2)9(17)12-6(8(15)16)5-7(10)14/h6,11H,3-5H2,1-2H3,(H2,10,14)(H,12,17)(H,15,16). The van der Waals surface area contributed by atoms with E-state index < -0.39 is 30.4 Å². The lowest BCUT2D eigenvalue weighted by Crippen LogP contribution is -2.49. The van der Waals surface area contributed by atoms with Crippen molar-refractivity contribution in [1.29, 1.82) is 0 Å². The van der Waals surface area contributed by atoms with Gasteiger partial charge in [0.05, 0.1) is 6.42 Å². The van der Waals surface area contributed by atoms with Crippen molar-refractivity contribution in [3.05, 3.63) is 0 Å². The molecule has 98 valence electrons. The predicted molar refractivity (Wildman–Crippen MR) is 60.3 cm³/mol. The van der Waals surface area contributed by atoms with Crippen LogP contribution in [0.3, 0.4) is 0 Å². The summed E-state index contributed by atoms with van der Waals surface area (Å²) < 4.78 is 0. The van der Waals surface area contributed by atoms with Crippen molar-refractivity contribution in [3.63, 3.8) is 0 Å². The highest BCUT2D eigenvalue weighted by Crippen LogP contribution is 1.94. The Morgan fingerprint density at radius 2 is 2.00 bits per heavy atom. The SMILES string of the molecule is CNCCN(C)C(=O)NC(CC(N)=O)C(=O)O. The van der Waals surface area contributed by atoms with Crippen LogP contribution < -0.4 is 16.4 Å². The molecule has 0 heterocycles. The first-order valence-electron chi connectivity index (χ1n) is 5.05. The molecule has 3 amide bonds. The van der Waals surface area contributed by atoms with Gasteiger partial charge in [-0.25, -0.2) is 9.59 Å². The molecule has 0 aliphatic heterocycles. The second kappa shape index (κ2) is 7.44. The maximum atomic E-state index is 11.5. The third-order valence-corrected chi connectivity index (χ3v) is 2.05. The molecule has 0 spiro atoms. The number of rotatable bonds is 7. The van der Waals surface area contributed by atoms with Gasteiger partial charge < -0.3 is 26.4 Å². The molecule has 1 atom stereocenters. The monoisotopic (exact) mass is 246 g/mol. The van der Waals surface area contributed by atoms with Crippen LogP contribution in [0.4, 0.5) is 4.79 Å². The number of aliphatic carboxylic acids is 1. The fourth-order valence-corrected chi connectivity index (χ4v) is 1.04. The highest BCUT2D eigenvalue weighted by Gasteiger charge is 2.23. The van der Waals surface area contributed by atoms with Crippen molar-refractivity contribution in [2.45, 2.75) is 12.5 Å². The molecule has 0 saturated carbocycles. The Kier molecular flexibility index (Phi) is 6.64. The molecule has 17 heavy (non-hydrogen) atoms. The molecule has 8 heteroatoms. The zero-order chi connectivity index (χ0) is 13.4. The normalized spacial score (nSPS) is 11.6. The van der Waals surface area contributed by atoms with E-state index in [2.05, 4.69) is 10.6 Å². The van der Waals surface area contributed by atoms with Gasteiger partial charge in [-0.15, -0.1) is 0 Å². The summed E-state index contributed by atoms with van der Waals surface area (Å²) in [5.41, 5.74) is 4.89. The van der Waals surface area contributed by atoms with Gasteiger partial charge in [-0.2, -0.15) is 0 Å². The first-order chi connectivity index (χ1) is 7.88. The Hall–Kier alpha value is -1.83. The summed E-state index contributed by atoms with van der Waals surface area (Å²) in [7, 11) is 3.26. The third-order valence-electron chi connectivity index (χ3n) is 2.05. The molecule has 0 fully saturated rings. The van der Waals surface area contributed by atoms with E-state index in [0.29, 0.717) is 13.1 Å². The minimum Gasteiger partial charge on any atom is -0.480 e. The van der Waals surface area contributed by atoms with Crippen LogP contribution in [0.2, 0.25) is 0 Å². The van der Waals surface area contributed by atoms with Gasteiger partial charge in [0, 0.05) is 20.1 Å². The van der Waals surface area contributed by atoms with Crippen LogP contribution >= 0.6 is 0 Å². The van der Waals surface area contributed by atoms with Crippen molar-refractivity contribution in [2.75, 3.05) is 27.2 Å². The fraction of sp³-hybridized carbons (Fsp3) is 0.667. The number of carboxylic acids is 1. The number of carbonyl (C=O) groups excluding carboxylic acids is 2. The van der Waals surface area contributed by atoms with Crippen molar-refractivity contribution >= 4 is 17.9 Å². The zero-order valence-corrected chi connectivity index (χ0v) is 9.90. The van der Waals surface area contributed by atoms with Crippen LogP contribution in [0.5, 0.6) is 0 Å². The van der Waals surface area contributed by atoms with E-state index >= 15 is 0 Å². The van der Waals surface area contributed by atoms with Gasteiger partial charge >= 0.3 is 12.0 Å². The number of nitrogens with two attached hydrogens (primary N) is 1. The molecule has 5 N–H and O–H groups in total. The van der Waals surface area contributed by atoms with Crippen molar-refractivity contribution in [1.82, 2.24) is 15.5 Å². The van der Waals surface area contributed by atoms with Gasteiger partial charge in [0.15, 0.2) is 0 Å². The molecule has 8 nitrogen and oxygen atoms in total. The van der Waals surface area contributed by atoms with Crippen LogP contribution in [0.25, 0.3) is 0 Å². The smallest absolute Gasteiger partial charge is 0.326 e. The summed E-state index contributed by atoms with van der Waals surface area (Å²) in [4.78, 5) is 34.2. The van der Waals surface area contributed by atoms with Crippen molar-refractivity contribution in [2.24, 2.45) is 5.73 Å². The highest BCUT2D eigenvalue weighted by atomic mass is 16.4. The number of amides is 3. The predicted octanol–water partition coefficient (Wildman–Crippen LogP) is -1.82. The molecule has 0 bridgehead atoms. The number of urea groups is 1. The summed E-state index contributed by atoms with van der Waals surface area (Å²) in [6.45, 7) is 1.00. The molecule has 0 aliphatic rings. The van der Waals surface area contributed by atoms with Crippen LogP contribution in [0, 0.1) is 0 Å². The van der Waals surface area contributed by atoms with Crippen molar-refractivity contribution in [3.8, 4) is 0 Å². The number of hydrogen-bond donors (Lipinski definition) is 4. The minimum atomic E-state index is -1.29. The summed E-state index contributed by atoms with van der Waals surface area (Å²) in [6.07, 6.45) is -0.430. The molecule has 1 unspecified atom stereocenters. The summed E-state index contributed by atoms with van der Waals surface area (Å²) in [6, 6.07) is -1.86. The van der Waals surface area contributed by atoms with E-state index in [9.17, 15) is 14.4 Å². The Morgan fingerprint density at radius 3 is 2.41 bits per heavy atom. The Balaban J connectivity index is 4.29. The fourth-order valence-electron chi connectivity index (χ4n) is 1.04. The lowest BCUT2D eigenvalue weighted by Gasteiger charge is -2.20. The minimum absolute atomic E-state index is 0.422. The second-order valence-electron chi connectivity index (χ2n) is 3.54. The molecule has 0 rings (SSSR count). The maximum absolute atomic E-state index is 11.5.